The van der Waals surface area contributed by atoms with Crippen LogP contribution in [0.5, 0.6) is 0 Å². The van der Waals surface area contributed by atoms with Crippen molar-refractivity contribution in [3.8, 4) is 0 Å². The third kappa shape index (κ3) is 3.78. The number of rotatable bonds is 5. The van der Waals surface area contributed by atoms with E-state index in [1.54, 1.807) is 12.4 Å². The van der Waals surface area contributed by atoms with Crippen LogP contribution >= 0.6 is 12.2 Å². The molecule has 92 valence electrons. The molecule has 0 aromatic carbocycles. The molecule has 0 aliphatic heterocycles. The van der Waals surface area contributed by atoms with E-state index in [9.17, 15) is 4.79 Å². The molecule has 0 aliphatic rings. The van der Waals surface area contributed by atoms with Crippen LogP contribution in [0.25, 0.3) is 0 Å². The van der Waals surface area contributed by atoms with Gasteiger partial charge in [0, 0.05) is 18.9 Å². The van der Waals surface area contributed by atoms with Crippen molar-refractivity contribution in [2.75, 3.05) is 0 Å². The third-order valence-electron chi connectivity index (χ3n) is 2.67. The Morgan fingerprint density at radius 1 is 1.65 bits per heavy atom. The standard InChI is InChI=1S/C12H17N3OS/c1-3-10(11(13)17)12(16)15-7-9-6-14-5-4-8(9)2/h4-6,10H,3,7H2,1-2H3,(H2,13,17)(H,15,16). The summed E-state index contributed by atoms with van der Waals surface area (Å²) in [5, 5.41) is 2.83. The molecule has 0 saturated heterocycles. The molecule has 0 fully saturated rings. The van der Waals surface area contributed by atoms with E-state index in [1.165, 1.54) is 0 Å². The SMILES string of the molecule is CCC(C(=O)NCc1cnccc1C)C(N)=S. The van der Waals surface area contributed by atoms with Gasteiger partial charge >= 0.3 is 0 Å². The molecule has 0 bridgehead atoms. The third-order valence-corrected chi connectivity index (χ3v) is 2.95. The number of thiocarbonyl (C=S) groups is 1. The highest BCUT2D eigenvalue weighted by atomic mass is 32.1. The van der Waals surface area contributed by atoms with Gasteiger partial charge in [0.25, 0.3) is 0 Å². The van der Waals surface area contributed by atoms with Crippen molar-refractivity contribution >= 4 is 23.1 Å². The second-order valence-electron chi connectivity index (χ2n) is 3.88. The van der Waals surface area contributed by atoms with E-state index in [-0.39, 0.29) is 16.8 Å². The lowest BCUT2D eigenvalue weighted by molar-refractivity contribution is -0.123. The van der Waals surface area contributed by atoms with Crippen LogP contribution in [0.1, 0.15) is 24.5 Å². The summed E-state index contributed by atoms with van der Waals surface area (Å²) in [5.74, 6) is -0.509. The number of nitrogens with two attached hydrogens (primary N) is 1. The molecular weight excluding hydrogens is 234 g/mol. The summed E-state index contributed by atoms with van der Waals surface area (Å²) in [4.78, 5) is 16.1. The lowest BCUT2D eigenvalue weighted by Crippen LogP contribution is -2.37. The first-order valence-corrected chi connectivity index (χ1v) is 5.93. The molecule has 1 rings (SSSR count). The summed E-state index contributed by atoms with van der Waals surface area (Å²) in [6.45, 7) is 4.32. The van der Waals surface area contributed by atoms with Gasteiger partial charge in [0.15, 0.2) is 0 Å². The van der Waals surface area contributed by atoms with Gasteiger partial charge in [-0.15, -0.1) is 0 Å². The molecule has 17 heavy (non-hydrogen) atoms. The van der Waals surface area contributed by atoms with Gasteiger partial charge in [-0.2, -0.15) is 0 Å². The van der Waals surface area contributed by atoms with Crippen molar-refractivity contribution in [2.45, 2.75) is 26.8 Å². The Balaban J connectivity index is 2.59. The van der Waals surface area contributed by atoms with Crippen LogP contribution in [-0.4, -0.2) is 15.9 Å². The fourth-order valence-electron chi connectivity index (χ4n) is 1.50. The summed E-state index contributed by atoms with van der Waals surface area (Å²) in [5.41, 5.74) is 7.60. The van der Waals surface area contributed by atoms with Crippen molar-refractivity contribution in [3.05, 3.63) is 29.6 Å². The number of nitrogens with one attached hydrogen (secondary N) is 1. The van der Waals surface area contributed by atoms with Crippen molar-refractivity contribution < 1.29 is 4.79 Å². The van der Waals surface area contributed by atoms with E-state index in [0.717, 1.165) is 11.1 Å². The number of carbonyl (C=O) groups excluding carboxylic acids is 1. The number of pyridine rings is 1. The number of hydrogen-bond donors (Lipinski definition) is 2. The minimum absolute atomic E-state index is 0.122. The highest BCUT2D eigenvalue weighted by Gasteiger charge is 2.18. The highest BCUT2D eigenvalue weighted by molar-refractivity contribution is 7.80. The molecule has 4 nitrogen and oxygen atoms in total. The van der Waals surface area contributed by atoms with E-state index in [2.05, 4.69) is 10.3 Å². The smallest absolute Gasteiger partial charge is 0.230 e. The Morgan fingerprint density at radius 2 is 2.35 bits per heavy atom. The van der Waals surface area contributed by atoms with Crippen molar-refractivity contribution in [1.29, 1.82) is 0 Å². The first kappa shape index (κ1) is 13.6. The Bertz CT molecular complexity index is 420. The highest BCUT2D eigenvalue weighted by Crippen LogP contribution is 2.07. The van der Waals surface area contributed by atoms with Crippen LogP contribution in [0.3, 0.4) is 0 Å². The molecule has 3 N–H and O–H groups in total. The van der Waals surface area contributed by atoms with Crippen LogP contribution in [-0.2, 0) is 11.3 Å². The van der Waals surface area contributed by atoms with E-state index in [0.29, 0.717) is 13.0 Å². The predicted molar refractivity (Wildman–Crippen MR) is 71.4 cm³/mol. The minimum Gasteiger partial charge on any atom is -0.393 e. The maximum absolute atomic E-state index is 11.8. The molecule has 1 unspecified atom stereocenters. The van der Waals surface area contributed by atoms with E-state index in [1.807, 2.05) is 19.9 Å². The maximum atomic E-state index is 11.8. The van der Waals surface area contributed by atoms with Gasteiger partial charge in [0.2, 0.25) is 5.91 Å². The second kappa shape index (κ2) is 6.30. The van der Waals surface area contributed by atoms with Crippen LogP contribution in [0.15, 0.2) is 18.5 Å². The van der Waals surface area contributed by atoms with Gasteiger partial charge in [0.05, 0.1) is 10.9 Å². The summed E-state index contributed by atoms with van der Waals surface area (Å²) in [6, 6.07) is 1.91. The van der Waals surface area contributed by atoms with Crippen molar-refractivity contribution in [3.63, 3.8) is 0 Å². The van der Waals surface area contributed by atoms with Gasteiger partial charge in [-0.1, -0.05) is 19.1 Å². The van der Waals surface area contributed by atoms with Gasteiger partial charge in [-0.25, -0.2) is 0 Å². The molecule has 1 aromatic heterocycles. The van der Waals surface area contributed by atoms with Gasteiger partial charge < -0.3 is 11.1 Å². The number of aromatic nitrogens is 1. The summed E-state index contributed by atoms with van der Waals surface area (Å²) in [6.07, 6.45) is 4.09. The lowest BCUT2D eigenvalue weighted by atomic mass is 10.1. The fraction of sp³-hybridized carbons (Fsp3) is 0.417. The number of aryl methyl sites for hydroxylation is 1. The van der Waals surface area contributed by atoms with Crippen LogP contribution in [0.2, 0.25) is 0 Å². The van der Waals surface area contributed by atoms with Crippen LogP contribution in [0, 0.1) is 12.8 Å². The van der Waals surface area contributed by atoms with Gasteiger partial charge in [-0.05, 0) is 30.5 Å². The van der Waals surface area contributed by atoms with Crippen LogP contribution < -0.4 is 11.1 Å². The lowest BCUT2D eigenvalue weighted by Gasteiger charge is -2.13. The number of nitrogens with zero attached hydrogens (tertiary/aromatic N) is 1. The molecule has 0 saturated carbocycles. The monoisotopic (exact) mass is 251 g/mol. The van der Waals surface area contributed by atoms with E-state index in [4.69, 9.17) is 18.0 Å². The Hall–Kier alpha value is -1.49. The largest absolute Gasteiger partial charge is 0.393 e. The minimum atomic E-state index is -0.387. The molecule has 1 amide bonds. The maximum Gasteiger partial charge on any atom is 0.230 e. The van der Waals surface area contributed by atoms with E-state index >= 15 is 0 Å². The Morgan fingerprint density at radius 3 is 2.88 bits per heavy atom. The van der Waals surface area contributed by atoms with Crippen molar-refractivity contribution in [2.24, 2.45) is 11.7 Å². The molecule has 5 heteroatoms. The quantitative estimate of drug-likeness (QED) is 0.774. The molecule has 1 heterocycles. The Labute approximate surface area is 107 Å². The number of amides is 1. The second-order valence-corrected chi connectivity index (χ2v) is 4.35. The molecular formula is C12H17N3OS. The van der Waals surface area contributed by atoms with Gasteiger partial charge in [0.1, 0.15) is 0 Å². The summed E-state index contributed by atoms with van der Waals surface area (Å²) >= 11 is 4.85. The first-order chi connectivity index (χ1) is 8.06. The van der Waals surface area contributed by atoms with E-state index < -0.39 is 0 Å². The summed E-state index contributed by atoms with van der Waals surface area (Å²) < 4.78 is 0. The predicted octanol–water partition coefficient (Wildman–Crippen LogP) is 1.32. The first-order valence-electron chi connectivity index (χ1n) is 5.52. The zero-order valence-electron chi connectivity index (χ0n) is 10.1. The topological polar surface area (TPSA) is 68.0 Å². The normalized spacial score (nSPS) is 11.9. The molecule has 1 aromatic rings. The average molecular weight is 251 g/mol. The molecule has 0 spiro atoms. The fourth-order valence-corrected chi connectivity index (χ4v) is 1.78. The van der Waals surface area contributed by atoms with Gasteiger partial charge in [-0.3, -0.25) is 9.78 Å². The summed E-state index contributed by atoms with van der Waals surface area (Å²) in [7, 11) is 0. The zero-order chi connectivity index (χ0) is 12.8. The number of hydrogen-bond acceptors (Lipinski definition) is 3. The molecule has 0 aliphatic carbocycles. The average Bonchev–Trinajstić information content (AvgIpc) is 2.28. The van der Waals surface area contributed by atoms with Crippen molar-refractivity contribution in [1.82, 2.24) is 10.3 Å². The molecule has 0 radical (unpaired) electrons. The Kier molecular flexibility index (Phi) is 5.03. The van der Waals surface area contributed by atoms with Crippen LogP contribution in [0.4, 0.5) is 0 Å². The molecule has 1 atom stereocenters. The number of carbonyl (C=O) groups is 1. The zero-order valence-corrected chi connectivity index (χ0v) is 10.9.